The van der Waals surface area contributed by atoms with Gasteiger partial charge < -0.3 is 19.7 Å². The van der Waals surface area contributed by atoms with Gasteiger partial charge in [0.15, 0.2) is 0 Å². The Hall–Kier alpha value is -2.43. The van der Waals surface area contributed by atoms with Gasteiger partial charge in [-0.25, -0.2) is 0 Å². The SMILES string of the molecule is CCCn1cc(NC2COc3cc(O)ccc32)ccc1=O. The Morgan fingerprint density at radius 2 is 2.24 bits per heavy atom. The van der Waals surface area contributed by atoms with E-state index in [0.717, 1.165) is 17.7 Å². The van der Waals surface area contributed by atoms with E-state index in [-0.39, 0.29) is 17.4 Å². The zero-order valence-corrected chi connectivity index (χ0v) is 11.9. The van der Waals surface area contributed by atoms with Crippen LogP contribution in [0.4, 0.5) is 5.69 Å². The summed E-state index contributed by atoms with van der Waals surface area (Å²) in [7, 11) is 0. The zero-order valence-electron chi connectivity index (χ0n) is 11.9. The number of aryl methyl sites for hydroxylation is 1. The van der Waals surface area contributed by atoms with Gasteiger partial charge in [0.1, 0.15) is 18.1 Å². The second-order valence-electron chi connectivity index (χ2n) is 5.18. The highest BCUT2D eigenvalue weighted by molar-refractivity contribution is 5.50. The average Bonchev–Trinajstić information content (AvgIpc) is 2.85. The van der Waals surface area contributed by atoms with E-state index in [9.17, 15) is 9.90 Å². The van der Waals surface area contributed by atoms with E-state index in [2.05, 4.69) is 5.32 Å². The highest BCUT2D eigenvalue weighted by atomic mass is 16.5. The van der Waals surface area contributed by atoms with Gasteiger partial charge in [-0.1, -0.05) is 6.92 Å². The summed E-state index contributed by atoms with van der Waals surface area (Å²) in [6, 6.07) is 8.51. The molecule has 2 heterocycles. The maximum absolute atomic E-state index is 11.7. The van der Waals surface area contributed by atoms with Crippen molar-refractivity contribution < 1.29 is 9.84 Å². The van der Waals surface area contributed by atoms with E-state index in [1.54, 1.807) is 28.8 Å². The molecule has 0 saturated heterocycles. The fourth-order valence-electron chi connectivity index (χ4n) is 2.55. The monoisotopic (exact) mass is 286 g/mol. The minimum absolute atomic E-state index is 0.00962. The molecular formula is C16H18N2O3. The second kappa shape index (κ2) is 5.52. The van der Waals surface area contributed by atoms with Crippen LogP contribution in [0.25, 0.3) is 0 Å². The van der Waals surface area contributed by atoms with Crippen molar-refractivity contribution in [1.29, 1.82) is 0 Å². The van der Waals surface area contributed by atoms with Crippen molar-refractivity contribution in [3.05, 3.63) is 52.4 Å². The summed E-state index contributed by atoms with van der Waals surface area (Å²) in [6.45, 7) is 3.26. The Balaban J connectivity index is 1.83. The number of aromatic nitrogens is 1. The van der Waals surface area contributed by atoms with Crippen LogP contribution < -0.4 is 15.6 Å². The van der Waals surface area contributed by atoms with Crippen molar-refractivity contribution in [3.63, 3.8) is 0 Å². The molecule has 0 bridgehead atoms. The molecule has 2 N–H and O–H groups in total. The van der Waals surface area contributed by atoms with Gasteiger partial charge in [0.25, 0.3) is 5.56 Å². The lowest BCUT2D eigenvalue weighted by molar-refractivity contribution is 0.338. The molecule has 0 amide bonds. The Bertz CT molecular complexity index is 709. The van der Waals surface area contributed by atoms with Gasteiger partial charge in [0, 0.05) is 30.4 Å². The molecule has 0 aliphatic carbocycles. The molecular weight excluding hydrogens is 268 g/mol. The molecule has 110 valence electrons. The smallest absolute Gasteiger partial charge is 0.250 e. The fraction of sp³-hybridized carbons (Fsp3) is 0.312. The molecule has 3 rings (SSSR count). The third-order valence-corrected chi connectivity index (χ3v) is 3.57. The number of pyridine rings is 1. The van der Waals surface area contributed by atoms with Crippen LogP contribution in [0.2, 0.25) is 0 Å². The van der Waals surface area contributed by atoms with Crippen molar-refractivity contribution in [2.45, 2.75) is 25.9 Å². The molecule has 5 heteroatoms. The first-order valence-electron chi connectivity index (χ1n) is 7.10. The third kappa shape index (κ3) is 2.72. The number of anilines is 1. The fourth-order valence-corrected chi connectivity index (χ4v) is 2.55. The predicted octanol–water partition coefficient (Wildman–Crippen LogP) is 2.51. The van der Waals surface area contributed by atoms with Crippen LogP contribution in [-0.4, -0.2) is 16.3 Å². The summed E-state index contributed by atoms with van der Waals surface area (Å²) < 4.78 is 7.28. The average molecular weight is 286 g/mol. The van der Waals surface area contributed by atoms with Crippen LogP contribution in [0.3, 0.4) is 0 Å². The van der Waals surface area contributed by atoms with Crippen molar-refractivity contribution in [2.75, 3.05) is 11.9 Å². The van der Waals surface area contributed by atoms with Crippen molar-refractivity contribution in [2.24, 2.45) is 0 Å². The van der Waals surface area contributed by atoms with E-state index in [1.807, 2.05) is 19.2 Å². The molecule has 21 heavy (non-hydrogen) atoms. The standard InChI is InChI=1S/C16H18N2O3/c1-2-7-18-9-11(3-6-16(18)20)17-14-10-21-15-8-12(19)4-5-13(14)15/h3-6,8-9,14,17,19H,2,7,10H2,1H3. The molecule has 5 nitrogen and oxygen atoms in total. The molecule has 1 aromatic heterocycles. The van der Waals surface area contributed by atoms with E-state index in [4.69, 9.17) is 4.74 Å². The number of nitrogens with one attached hydrogen (secondary N) is 1. The van der Waals surface area contributed by atoms with Crippen molar-refractivity contribution in [1.82, 2.24) is 4.57 Å². The molecule has 1 atom stereocenters. The number of rotatable bonds is 4. The van der Waals surface area contributed by atoms with E-state index in [0.29, 0.717) is 18.9 Å². The third-order valence-electron chi connectivity index (χ3n) is 3.57. The number of phenols is 1. The number of hydrogen-bond acceptors (Lipinski definition) is 4. The van der Waals surface area contributed by atoms with Gasteiger partial charge in [0.05, 0.1) is 11.7 Å². The Kier molecular flexibility index (Phi) is 3.56. The summed E-state index contributed by atoms with van der Waals surface area (Å²) in [4.78, 5) is 11.7. The summed E-state index contributed by atoms with van der Waals surface area (Å²) in [5.74, 6) is 0.903. The number of ether oxygens (including phenoxy) is 1. The maximum Gasteiger partial charge on any atom is 0.250 e. The molecule has 1 aliphatic heterocycles. The molecule has 0 saturated carbocycles. The molecule has 0 fully saturated rings. The minimum atomic E-state index is 0.00962. The quantitative estimate of drug-likeness (QED) is 0.906. The number of benzene rings is 1. The summed E-state index contributed by atoms with van der Waals surface area (Å²) in [5, 5.41) is 12.8. The Labute approximate surface area is 122 Å². The first kappa shape index (κ1) is 13.5. The van der Waals surface area contributed by atoms with Crippen LogP contribution in [-0.2, 0) is 6.54 Å². The number of phenolic OH excluding ortho intramolecular Hbond substituents is 1. The van der Waals surface area contributed by atoms with Crippen LogP contribution in [0, 0.1) is 0 Å². The van der Waals surface area contributed by atoms with Gasteiger partial charge in [-0.2, -0.15) is 0 Å². The number of hydrogen-bond donors (Lipinski definition) is 2. The second-order valence-corrected chi connectivity index (χ2v) is 5.18. The van der Waals surface area contributed by atoms with Gasteiger partial charge in [0.2, 0.25) is 0 Å². The van der Waals surface area contributed by atoms with E-state index < -0.39 is 0 Å². The molecule has 0 spiro atoms. The number of nitrogens with zero attached hydrogens (tertiary/aromatic N) is 1. The van der Waals surface area contributed by atoms with Crippen LogP contribution in [0.5, 0.6) is 11.5 Å². The summed E-state index contributed by atoms with van der Waals surface area (Å²) in [5.41, 5.74) is 1.91. The van der Waals surface area contributed by atoms with Crippen LogP contribution >= 0.6 is 0 Å². The highest BCUT2D eigenvalue weighted by Gasteiger charge is 2.24. The molecule has 2 aromatic rings. The van der Waals surface area contributed by atoms with Gasteiger partial charge in [-0.05, 0) is 24.6 Å². The first-order valence-corrected chi connectivity index (χ1v) is 7.10. The maximum atomic E-state index is 11.7. The lowest BCUT2D eigenvalue weighted by atomic mass is 10.1. The van der Waals surface area contributed by atoms with Crippen LogP contribution in [0.15, 0.2) is 41.3 Å². The Morgan fingerprint density at radius 3 is 3.05 bits per heavy atom. The van der Waals surface area contributed by atoms with E-state index >= 15 is 0 Å². The number of aromatic hydroxyl groups is 1. The lowest BCUT2D eigenvalue weighted by Crippen LogP contribution is -2.20. The van der Waals surface area contributed by atoms with Gasteiger partial charge >= 0.3 is 0 Å². The highest BCUT2D eigenvalue weighted by Crippen LogP contribution is 2.36. The zero-order chi connectivity index (χ0) is 14.8. The largest absolute Gasteiger partial charge is 0.508 e. The van der Waals surface area contributed by atoms with Crippen molar-refractivity contribution >= 4 is 5.69 Å². The minimum Gasteiger partial charge on any atom is -0.508 e. The topological polar surface area (TPSA) is 63.5 Å². The normalized spacial score (nSPS) is 16.3. The summed E-state index contributed by atoms with van der Waals surface area (Å²) in [6.07, 6.45) is 2.75. The molecule has 0 radical (unpaired) electrons. The Morgan fingerprint density at radius 1 is 1.38 bits per heavy atom. The van der Waals surface area contributed by atoms with Gasteiger partial charge in [-0.3, -0.25) is 4.79 Å². The first-order chi connectivity index (χ1) is 10.2. The summed E-state index contributed by atoms with van der Waals surface area (Å²) >= 11 is 0. The van der Waals surface area contributed by atoms with Crippen LogP contribution in [0.1, 0.15) is 24.9 Å². The predicted molar refractivity (Wildman–Crippen MR) is 81.0 cm³/mol. The molecule has 1 aliphatic rings. The van der Waals surface area contributed by atoms with Crippen molar-refractivity contribution in [3.8, 4) is 11.5 Å². The molecule has 1 unspecified atom stereocenters. The molecule has 1 aromatic carbocycles. The van der Waals surface area contributed by atoms with Gasteiger partial charge in [-0.15, -0.1) is 0 Å². The van der Waals surface area contributed by atoms with E-state index in [1.165, 1.54) is 0 Å². The number of fused-ring (bicyclic) bond motifs is 1. The lowest BCUT2D eigenvalue weighted by Gasteiger charge is -2.14.